The van der Waals surface area contributed by atoms with Crippen molar-refractivity contribution in [1.82, 2.24) is 9.88 Å². The van der Waals surface area contributed by atoms with E-state index in [4.69, 9.17) is 4.98 Å². The largest absolute Gasteiger partial charge is 0.345 e. The Balaban J connectivity index is 1.86. The van der Waals surface area contributed by atoms with Crippen molar-refractivity contribution in [2.45, 2.75) is 26.7 Å². The molecule has 0 N–H and O–H groups in total. The molecule has 0 unspecified atom stereocenters. The van der Waals surface area contributed by atoms with Crippen LogP contribution in [-0.4, -0.2) is 42.0 Å². The lowest BCUT2D eigenvalue weighted by molar-refractivity contribution is -0.129. The summed E-state index contributed by atoms with van der Waals surface area (Å²) in [6, 6.07) is 6.44. The Hall–Kier alpha value is -1.62. The first-order valence-corrected chi connectivity index (χ1v) is 8.28. The number of hydrogen-bond donors (Lipinski definition) is 0. The van der Waals surface area contributed by atoms with Gasteiger partial charge in [-0.25, -0.2) is 4.98 Å². The van der Waals surface area contributed by atoms with Gasteiger partial charge in [0.15, 0.2) is 5.13 Å². The van der Waals surface area contributed by atoms with Crippen LogP contribution in [0.5, 0.6) is 0 Å². The van der Waals surface area contributed by atoms with Crippen LogP contribution in [0.25, 0.3) is 10.2 Å². The van der Waals surface area contributed by atoms with E-state index in [9.17, 15) is 4.79 Å². The lowest BCUT2D eigenvalue weighted by Crippen LogP contribution is -2.48. The number of benzene rings is 1. The summed E-state index contributed by atoms with van der Waals surface area (Å²) in [5.74, 6) is 0.652. The van der Waals surface area contributed by atoms with Gasteiger partial charge < -0.3 is 9.80 Å². The van der Waals surface area contributed by atoms with Gasteiger partial charge in [0, 0.05) is 33.1 Å². The minimum atomic E-state index is 0.168. The molecule has 1 fully saturated rings. The maximum absolute atomic E-state index is 11.4. The highest BCUT2D eigenvalue weighted by Gasteiger charge is 2.21. The minimum absolute atomic E-state index is 0.168. The molecule has 0 aliphatic carbocycles. The molecule has 1 aliphatic rings. The van der Waals surface area contributed by atoms with Gasteiger partial charge >= 0.3 is 0 Å². The molecule has 0 spiro atoms. The molecule has 1 aromatic heterocycles. The molecular formula is C16H21N3OS. The summed E-state index contributed by atoms with van der Waals surface area (Å²) in [6.07, 6.45) is 0. The molecule has 112 valence electrons. The summed E-state index contributed by atoms with van der Waals surface area (Å²) in [5.41, 5.74) is 2.46. The highest BCUT2D eigenvalue weighted by Crippen LogP contribution is 2.33. The number of rotatable bonds is 2. The summed E-state index contributed by atoms with van der Waals surface area (Å²) >= 11 is 1.76. The van der Waals surface area contributed by atoms with E-state index in [1.165, 1.54) is 10.3 Å². The molecule has 0 saturated carbocycles. The Bertz CT molecular complexity index is 657. The predicted octanol–water partition coefficient (Wildman–Crippen LogP) is 3.09. The van der Waals surface area contributed by atoms with Crippen LogP contribution in [0.2, 0.25) is 0 Å². The van der Waals surface area contributed by atoms with Crippen LogP contribution in [0.15, 0.2) is 18.2 Å². The SMILES string of the molecule is CC(=O)N1CCN(c2nc3c(C(C)C)cccc3s2)CC1. The molecule has 3 rings (SSSR count). The molecule has 4 nitrogen and oxygen atoms in total. The molecule has 0 atom stereocenters. The normalized spacial score (nSPS) is 16.0. The van der Waals surface area contributed by atoms with Gasteiger partial charge in [0.05, 0.1) is 10.2 Å². The number of amides is 1. The van der Waals surface area contributed by atoms with Crippen LogP contribution in [0.4, 0.5) is 5.13 Å². The van der Waals surface area contributed by atoms with E-state index in [0.29, 0.717) is 5.92 Å². The molecule has 0 bridgehead atoms. The monoisotopic (exact) mass is 303 g/mol. The van der Waals surface area contributed by atoms with Crippen LogP contribution >= 0.6 is 11.3 Å². The van der Waals surface area contributed by atoms with Gasteiger partial charge in [0.1, 0.15) is 0 Å². The molecule has 2 heterocycles. The Morgan fingerprint density at radius 3 is 2.57 bits per heavy atom. The van der Waals surface area contributed by atoms with Gasteiger partial charge in [-0.15, -0.1) is 0 Å². The highest BCUT2D eigenvalue weighted by atomic mass is 32.1. The molecule has 1 saturated heterocycles. The van der Waals surface area contributed by atoms with E-state index >= 15 is 0 Å². The van der Waals surface area contributed by atoms with Crippen LogP contribution < -0.4 is 4.90 Å². The fraction of sp³-hybridized carbons (Fsp3) is 0.500. The number of carbonyl (C=O) groups excluding carboxylic acids is 1. The van der Waals surface area contributed by atoms with Crippen molar-refractivity contribution in [3.63, 3.8) is 0 Å². The minimum Gasteiger partial charge on any atom is -0.345 e. The maximum Gasteiger partial charge on any atom is 0.219 e. The van der Waals surface area contributed by atoms with Gasteiger partial charge in [0.25, 0.3) is 0 Å². The number of fused-ring (bicyclic) bond motifs is 1. The van der Waals surface area contributed by atoms with Gasteiger partial charge in [-0.1, -0.05) is 37.3 Å². The van der Waals surface area contributed by atoms with Crippen molar-refractivity contribution in [3.8, 4) is 0 Å². The molecular weight excluding hydrogens is 282 g/mol. The first kappa shape index (κ1) is 14.3. The number of para-hydroxylation sites is 1. The van der Waals surface area contributed by atoms with E-state index in [1.54, 1.807) is 18.3 Å². The van der Waals surface area contributed by atoms with Crippen molar-refractivity contribution < 1.29 is 4.79 Å². The molecule has 1 aromatic carbocycles. The van der Waals surface area contributed by atoms with Crippen molar-refractivity contribution in [2.24, 2.45) is 0 Å². The number of nitrogens with zero attached hydrogens (tertiary/aromatic N) is 3. The Morgan fingerprint density at radius 2 is 1.95 bits per heavy atom. The maximum atomic E-state index is 11.4. The van der Waals surface area contributed by atoms with Gasteiger partial charge in [-0.05, 0) is 17.5 Å². The van der Waals surface area contributed by atoms with Crippen molar-refractivity contribution in [1.29, 1.82) is 0 Å². The third kappa shape index (κ3) is 2.75. The summed E-state index contributed by atoms with van der Waals surface area (Å²) in [7, 11) is 0. The highest BCUT2D eigenvalue weighted by molar-refractivity contribution is 7.22. The average Bonchev–Trinajstić information content (AvgIpc) is 2.90. The predicted molar refractivity (Wildman–Crippen MR) is 88.2 cm³/mol. The second-order valence-corrected chi connectivity index (χ2v) is 6.85. The third-order valence-corrected chi connectivity index (χ3v) is 5.14. The fourth-order valence-corrected chi connectivity index (χ4v) is 3.82. The summed E-state index contributed by atoms with van der Waals surface area (Å²) in [6.45, 7) is 9.39. The van der Waals surface area contributed by atoms with Crippen molar-refractivity contribution in [3.05, 3.63) is 23.8 Å². The zero-order valence-corrected chi connectivity index (χ0v) is 13.6. The lowest BCUT2D eigenvalue weighted by atomic mass is 10.0. The lowest BCUT2D eigenvalue weighted by Gasteiger charge is -2.33. The van der Waals surface area contributed by atoms with E-state index in [2.05, 4.69) is 36.9 Å². The van der Waals surface area contributed by atoms with Crippen LogP contribution in [0.3, 0.4) is 0 Å². The van der Waals surface area contributed by atoms with E-state index < -0.39 is 0 Å². The molecule has 1 amide bonds. The number of anilines is 1. The first-order chi connectivity index (χ1) is 10.1. The zero-order chi connectivity index (χ0) is 15.0. The molecule has 2 aromatic rings. The van der Waals surface area contributed by atoms with Gasteiger partial charge in [-0.2, -0.15) is 0 Å². The Labute approximate surface area is 129 Å². The smallest absolute Gasteiger partial charge is 0.219 e. The molecule has 5 heteroatoms. The standard InChI is InChI=1S/C16H21N3OS/c1-11(2)13-5-4-6-14-15(13)17-16(21-14)19-9-7-18(8-10-19)12(3)20/h4-6,11H,7-10H2,1-3H3. The third-order valence-electron chi connectivity index (χ3n) is 4.06. The first-order valence-electron chi connectivity index (χ1n) is 7.46. The second kappa shape index (κ2) is 5.64. The second-order valence-electron chi connectivity index (χ2n) is 5.84. The number of hydrogen-bond acceptors (Lipinski definition) is 4. The summed E-state index contributed by atoms with van der Waals surface area (Å²) in [5, 5.41) is 1.08. The van der Waals surface area contributed by atoms with E-state index in [1.807, 2.05) is 4.90 Å². The fourth-order valence-electron chi connectivity index (χ4n) is 2.77. The Morgan fingerprint density at radius 1 is 1.24 bits per heavy atom. The van der Waals surface area contributed by atoms with E-state index in [-0.39, 0.29) is 5.91 Å². The van der Waals surface area contributed by atoms with Crippen molar-refractivity contribution in [2.75, 3.05) is 31.1 Å². The van der Waals surface area contributed by atoms with Crippen LogP contribution in [0, 0.1) is 0 Å². The molecule has 1 aliphatic heterocycles. The zero-order valence-electron chi connectivity index (χ0n) is 12.8. The quantitative estimate of drug-likeness (QED) is 0.855. The summed E-state index contributed by atoms with van der Waals surface area (Å²) in [4.78, 5) is 20.5. The average molecular weight is 303 g/mol. The van der Waals surface area contributed by atoms with Crippen LogP contribution in [0.1, 0.15) is 32.3 Å². The van der Waals surface area contributed by atoms with E-state index in [0.717, 1.165) is 36.8 Å². The molecule has 21 heavy (non-hydrogen) atoms. The number of piperazine rings is 1. The topological polar surface area (TPSA) is 36.4 Å². The van der Waals surface area contributed by atoms with Crippen molar-refractivity contribution >= 4 is 32.6 Å². The Kier molecular flexibility index (Phi) is 3.85. The van der Waals surface area contributed by atoms with Gasteiger partial charge in [-0.3, -0.25) is 4.79 Å². The number of carbonyl (C=O) groups is 1. The molecule has 0 radical (unpaired) electrons. The van der Waals surface area contributed by atoms with Gasteiger partial charge in [0.2, 0.25) is 5.91 Å². The van der Waals surface area contributed by atoms with Crippen LogP contribution in [-0.2, 0) is 4.79 Å². The number of aromatic nitrogens is 1. The summed E-state index contributed by atoms with van der Waals surface area (Å²) < 4.78 is 1.25. The number of thiazole rings is 1.